The number of carbonyl (C=O) groups is 1. The SMILES string of the molecule is Cc1cccc(OCCCC(=O)N2CCC[C@H]2CO)c1. The van der Waals surface area contributed by atoms with Crippen LogP contribution in [0, 0.1) is 6.92 Å². The highest BCUT2D eigenvalue weighted by atomic mass is 16.5. The van der Waals surface area contributed by atoms with Crippen molar-refractivity contribution in [3.63, 3.8) is 0 Å². The quantitative estimate of drug-likeness (QED) is 0.810. The Labute approximate surface area is 120 Å². The van der Waals surface area contributed by atoms with E-state index in [9.17, 15) is 9.90 Å². The van der Waals surface area contributed by atoms with Crippen molar-refractivity contribution in [3.8, 4) is 5.75 Å². The first-order chi connectivity index (χ1) is 9.70. The van der Waals surface area contributed by atoms with Crippen molar-refractivity contribution < 1.29 is 14.6 Å². The number of benzene rings is 1. The fourth-order valence-electron chi connectivity index (χ4n) is 2.62. The van der Waals surface area contributed by atoms with Crippen molar-refractivity contribution in [1.29, 1.82) is 0 Å². The predicted molar refractivity (Wildman–Crippen MR) is 77.7 cm³/mol. The summed E-state index contributed by atoms with van der Waals surface area (Å²) in [6, 6.07) is 7.94. The van der Waals surface area contributed by atoms with Crippen molar-refractivity contribution >= 4 is 5.91 Å². The number of amides is 1. The highest BCUT2D eigenvalue weighted by molar-refractivity contribution is 5.76. The third kappa shape index (κ3) is 3.97. The first-order valence-corrected chi connectivity index (χ1v) is 7.30. The van der Waals surface area contributed by atoms with Gasteiger partial charge in [0.1, 0.15) is 5.75 Å². The molecule has 1 fully saturated rings. The Morgan fingerprint density at radius 3 is 3.10 bits per heavy atom. The minimum atomic E-state index is 0.0280. The van der Waals surface area contributed by atoms with Gasteiger partial charge >= 0.3 is 0 Å². The van der Waals surface area contributed by atoms with Crippen LogP contribution in [-0.4, -0.2) is 41.7 Å². The van der Waals surface area contributed by atoms with Crippen LogP contribution in [0.15, 0.2) is 24.3 Å². The van der Waals surface area contributed by atoms with E-state index >= 15 is 0 Å². The molecule has 1 heterocycles. The van der Waals surface area contributed by atoms with Crippen LogP contribution in [0.4, 0.5) is 0 Å². The average Bonchev–Trinajstić information content (AvgIpc) is 2.92. The second kappa shape index (κ2) is 7.29. The Morgan fingerprint density at radius 2 is 2.35 bits per heavy atom. The third-order valence-electron chi connectivity index (χ3n) is 3.70. The maximum absolute atomic E-state index is 12.0. The van der Waals surface area contributed by atoms with Gasteiger partial charge in [-0.3, -0.25) is 4.79 Å². The van der Waals surface area contributed by atoms with E-state index < -0.39 is 0 Å². The van der Waals surface area contributed by atoms with E-state index in [1.807, 2.05) is 36.1 Å². The second-order valence-corrected chi connectivity index (χ2v) is 5.33. The first kappa shape index (κ1) is 14.9. The zero-order valence-corrected chi connectivity index (χ0v) is 12.0. The fourth-order valence-corrected chi connectivity index (χ4v) is 2.62. The van der Waals surface area contributed by atoms with E-state index in [2.05, 4.69) is 0 Å². The number of rotatable bonds is 6. The number of nitrogens with zero attached hydrogens (tertiary/aromatic N) is 1. The molecule has 1 aromatic carbocycles. The Bertz CT molecular complexity index is 447. The van der Waals surface area contributed by atoms with Gasteiger partial charge in [0.2, 0.25) is 5.91 Å². The second-order valence-electron chi connectivity index (χ2n) is 5.33. The summed E-state index contributed by atoms with van der Waals surface area (Å²) in [5, 5.41) is 9.21. The van der Waals surface area contributed by atoms with Gasteiger partial charge < -0.3 is 14.7 Å². The van der Waals surface area contributed by atoms with Gasteiger partial charge in [-0.2, -0.15) is 0 Å². The van der Waals surface area contributed by atoms with Crippen molar-refractivity contribution in [3.05, 3.63) is 29.8 Å². The molecule has 4 nitrogen and oxygen atoms in total. The van der Waals surface area contributed by atoms with E-state index in [0.717, 1.165) is 25.1 Å². The van der Waals surface area contributed by atoms with Gasteiger partial charge in [0.05, 0.1) is 19.3 Å². The highest BCUT2D eigenvalue weighted by Crippen LogP contribution is 2.18. The number of hydrogen-bond acceptors (Lipinski definition) is 3. The summed E-state index contributed by atoms with van der Waals surface area (Å²) in [4.78, 5) is 13.9. The maximum atomic E-state index is 12.0. The Morgan fingerprint density at radius 1 is 1.50 bits per heavy atom. The molecule has 0 bridgehead atoms. The zero-order chi connectivity index (χ0) is 14.4. The molecule has 110 valence electrons. The molecule has 1 N–H and O–H groups in total. The smallest absolute Gasteiger partial charge is 0.223 e. The molecule has 2 rings (SSSR count). The van der Waals surface area contributed by atoms with E-state index in [0.29, 0.717) is 19.4 Å². The monoisotopic (exact) mass is 277 g/mol. The van der Waals surface area contributed by atoms with Crippen molar-refractivity contribution in [2.24, 2.45) is 0 Å². The summed E-state index contributed by atoms with van der Waals surface area (Å²) >= 11 is 0. The topological polar surface area (TPSA) is 49.8 Å². The lowest BCUT2D eigenvalue weighted by atomic mass is 10.2. The number of carbonyl (C=O) groups excluding carboxylic acids is 1. The summed E-state index contributed by atoms with van der Waals surface area (Å²) in [7, 11) is 0. The van der Waals surface area contributed by atoms with Crippen molar-refractivity contribution in [2.45, 2.75) is 38.6 Å². The van der Waals surface area contributed by atoms with Gasteiger partial charge in [0, 0.05) is 13.0 Å². The van der Waals surface area contributed by atoms with Gasteiger partial charge in [-0.25, -0.2) is 0 Å². The minimum absolute atomic E-state index is 0.0280. The Hall–Kier alpha value is -1.55. The van der Waals surface area contributed by atoms with E-state index in [-0.39, 0.29) is 18.6 Å². The summed E-state index contributed by atoms with van der Waals surface area (Å²) in [5.74, 6) is 0.987. The molecule has 1 aliphatic heterocycles. The summed E-state index contributed by atoms with van der Waals surface area (Å²) in [5.41, 5.74) is 1.17. The van der Waals surface area contributed by atoms with Crippen LogP contribution >= 0.6 is 0 Å². The van der Waals surface area contributed by atoms with Crippen LogP contribution in [0.25, 0.3) is 0 Å². The number of likely N-dealkylation sites (tertiary alicyclic amines) is 1. The molecule has 1 saturated heterocycles. The normalized spacial score (nSPS) is 18.3. The van der Waals surface area contributed by atoms with Gasteiger partial charge in [0.15, 0.2) is 0 Å². The molecule has 0 radical (unpaired) electrons. The van der Waals surface area contributed by atoms with Crippen LogP contribution < -0.4 is 4.74 Å². The average molecular weight is 277 g/mol. The lowest BCUT2D eigenvalue weighted by Crippen LogP contribution is -2.37. The molecule has 4 heteroatoms. The molecular weight excluding hydrogens is 254 g/mol. The molecule has 0 spiro atoms. The lowest BCUT2D eigenvalue weighted by molar-refractivity contribution is -0.132. The number of ether oxygens (including phenoxy) is 1. The molecule has 0 aromatic heterocycles. The molecule has 0 aliphatic carbocycles. The molecule has 0 unspecified atom stereocenters. The molecule has 1 amide bonds. The predicted octanol–water partition coefficient (Wildman–Crippen LogP) is 2.14. The summed E-state index contributed by atoms with van der Waals surface area (Å²) < 4.78 is 5.63. The molecule has 20 heavy (non-hydrogen) atoms. The summed E-state index contributed by atoms with van der Waals surface area (Å²) in [6.07, 6.45) is 3.11. The molecule has 1 aliphatic rings. The number of hydrogen-bond donors (Lipinski definition) is 1. The largest absolute Gasteiger partial charge is 0.494 e. The third-order valence-corrected chi connectivity index (χ3v) is 3.70. The molecular formula is C16H23NO3. The van der Waals surface area contributed by atoms with Crippen LogP contribution in [-0.2, 0) is 4.79 Å². The Balaban J connectivity index is 1.69. The van der Waals surface area contributed by atoms with Crippen LogP contribution in [0.5, 0.6) is 5.75 Å². The molecule has 1 atom stereocenters. The Kier molecular flexibility index (Phi) is 5.41. The molecule has 0 saturated carbocycles. The minimum Gasteiger partial charge on any atom is -0.494 e. The van der Waals surface area contributed by atoms with Crippen molar-refractivity contribution in [1.82, 2.24) is 4.90 Å². The van der Waals surface area contributed by atoms with E-state index in [1.165, 1.54) is 5.56 Å². The number of aliphatic hydroxyl groups is 1. The maximum Gasteiger partial charge on any atom is 0.223 e. The number of aliphatic hydroxyl groups excluding tert-OH is 1. The number of aryl methyl sites for hydroxylation is 1. The van der Waals surface area contributed by atoms with Crippen LogP contribution in [0.1, 0.15) is 31.2 Å². The van der Waals surface area contributed by atoms with Gasteiger partial charge in [-0.15, -0.1) is 0 Å². The highest BCUT2D eigenvalue weighted by Gasteiger charge is 2.27. The molecule has 1 aromatic rings. The van der Waals surface area contributed by atoms with Crippen LogP contribution in [0.2, 0.25) is 0 Å². The van der Waals surface area contributed by atoms with E-state index in [1.54, 1.807) is 0 Å². The lowest BCUT2D eigenvalue weighted by Gasteiger charge is -2.23. The summed E-state index contributed by atoms with van der Waals surface area (Å²) in [6.45, 7) is 3.43. The fraction of sp³-hybridized carbons (Fsp3) is 0.562. The van der Waals surface area contributed by atoms with E-state index in [4.69, 9.17) is 4.74 Å². The van der Waals surface area contributed by atoms with Gasteiger partial charge in [-0.05, 0) is 43.9 Å². The zero-order valence-electron chi connectivity index (χ0n) is 12.0. The van der Waals surface area contributed by atoms with Gasteiger partial charge in [-0.1, -0.05) is 12.1 Å². The van der Waals surface area contributed by atoms with Crippen molar-refractivity contribution in [2.75, 3.05) is 19.8 Å². The van der Waals surface area contributed by atoms with Crippen LogP contribution in [0.3, 0.4) is 0 Å². The first-order valence-electron chi connectivity index (χ1n) is 7.30. The standard InChI is InChI=1S/C16H23NO3/c1-13-5-2-7-15(11-13)20-10-4-8-16(19)17-9-3-6-14(17)12-18/h2,5,7,11,14,18H,3-4,6,8-10,12H2,1H3/t14-/m0/s1. The van der Waals surface area contributed by atoms with Gasteiger partial charge in [0.25, 0.3) is 0 Å².